The second-order valence-electron chi connectivity index (χ2n) is 12.3. The van der Waals surface area contributed by atoms with E-state index in [1.807, 2.05) is 31.2 Å². The van der Waals surface area contributed by atoms with Crippen molar-refractivity contribution in [3.8, 4) is 11.1 Å². The first kappa shape index (κ1) is 33.3. The molecule has 0 saturated carbocycles. The van der Waals surface area contributed by atoms with Crippen molar-refractivity contribution >= 4 is 50.9 Å². The summed E-state index contributed by atoms with van der Waals surface area (Å²) in [4.78, 5) is 27.3. The Hall–Kier alpha value is -4.05. The van der Waals surface area contributed by atoms with Gasteiger partial charge in [0.2, 0.25) is 10.0 Å². The lowest BCUT2D eigenvalue weighted by molar-refractivity contribution is -0.0428. The van der Waals surface area contributed by atoms with Gasteiger partial charge in [-0.15, -0.1) is 0 Å². The smallest absolute Gasteiger partial charge is 0.429 e. The summed E-state index contributed by atoms with van der Waals surface area (Å²) in [6, 6.07) is 25.2. The number of carbonyl (C=O) groups excluding carboxylic acids is 2. The maximum absolute atomic E-state index is 13.8. The zero-order valence-electron chi connectivity index (χ0n) is 26.3. The number of amides is 2. The normalized spacial score (nSPS) is 13.0. The van der Waals surface area contributed by atoms with E-state index < -0.39 is 21.7 Å². The zero-order chi connectivity index (χ0) is 33.4. The average Bonchev–Trinajstić information content (AvgIpc) is 3.31. The fraction of sp³-hybridized carbons (Fsp3) is 0.257. The molecule has 5 rings (SSSR count). The largest absolute Gasteiger partial charge is 0.442 e. The first-order chi connectivity index (χ1) is 21.6. The highest BCUT2D eigenvalue weighted by molar-refractivity contribution is 7.92. The number of nitrogens with zero attached hydrogens (tertiary/aromatic N) is 3. The molecule has 0 fully saturated rings. The number of benzene rings is 4. The van der Waals surface area contributed by atoms with E-state index in [0.29, 0.717) is 21.3 Å². The van der Waals surface area contributed by atoms with Gasteiger partial charge in [0.05, 0.1) is 31.6 Å². The lowest BCUT2D eigenvalue weighted by Gasteiger charge is -2.33. The molecule has 8 nitrogen and oxygen atoms in total. The molecule has 11 heteroatoms. The first-order valence-corrected chi connectivity index (χ1v) is 17.2. The molecule has 4 aromatic carbocycles. The van der Waals surface area contributed by atoms with Crippen molar-refractivity contribution in [2.24, 2.45) is 0 Å². The van der Waals surface area contributed by atoms with Crippen LogP contribution in [0.5, 0.6) is 0 Å². The third kappa shape index (κ3) is 7.66. The van der Waals surface area contributed by atoms with Crippen LogP contribution in [0.3, 0.4) is 0 Å². The average molecular weight is 681 g/mol. The Kier molecular flexibility index (Phi) is 9.40. The van der Waals surface area contributed by atoms with E-state index >= 15 is 0 Å². The topological polar surface area (TPSA) is 87.2 Å². The van der Waals surface area contributed by atoms with Crippen LogP contribution in [0.1, 0.15) is 53.4 Å². The molecule has 0 aliphatic carbocycles. The number of ether oxygens (including phenoxy) is 1. The van der Waals surface area contributed by atoms with Crippen LogP contribution in [0.15, 0.2) is 84.9 Å². The fourth-order valence-electron chi connectivity index (χ4n) is 5.34. The van der Waals surface area contributed by atoms with E-state index in [2.05, 4.69) is 0 Å². The van der Waals surface area contributed by atoms with Crippen molar-refractivity contribution in [3.05, 3.63) is 123 Å². The Morgan fingerprint density at radius 2 is 1.46 bits per heavy atom. The number of hydrogen-bond donors (Lipinski definition) is 0. The highest BCUT2D eigenvalue weighted by Gasteiger charge is 2.37. The maximum atomic E-state index is 13.8. The Labute approximate surface area is 280 Å². The van der Waals surface area contributed by atoms with Crippen LogP contribution < -0.4 is 4.31 Å². The summed E-state index contributed by atoms with van der Waals surface area (Å²) in [5.74, 6) is -0.307. The van der Waals surface area contributed by atoms with Crippen molar-refractivity contribution < 1.29 is 22.7 Å². The predicted octanol–water partition coefficient (Wildman–Crippen LogP) is 8.24. The van der Waals surface area contributed by atoms with Crippen LogP contribution in [0, 0.1) is 6.92 Å². The van der Waals surface area contributed by atoms with Crippen molar-refractivity contribution in [1.29, 1.82) is 0 Å². The molecule has 1 aliphatic rings. The molecule has 1 heterocycles. The minimum atomic E-state index is -3.62. The van der Waals surface area contributed by atoms with Crippen LogP contribution in [0.2, 0.25) is 10.0 Å². The Balaban J connectivity index is 1.47. The van der Waals surface area contributed by atoms with Crippen molar-refractivity contribution in [1.82, 2.24) is 10.0 Å². The minimum absolute atomic E-state index is 0.106. The molecule has 0 saturated heterocycles. The maximum Gasteiger partial charge on any atom is 0.429 e. The third-order valence-electron chi connectivity index (χ3n) is 7.43. The van der Waals surface area contributed by atoms with Crippen LogP contribution >= 0.6 is 23.2 Å². The highest BCUT2D eigenvalue weighted by atomic mass is 35.5. The number of hydrazine groups is 1. The molecule has 46 heavy (non-hydrogen) atoms. The Bertz CT molecular complexity index is 1890. The van der Waals surface area contributed by atoms with Crippen LogP contribution in [-0.2, 0) is 34.4 Å². The molecule has 4 aromatic rings. The van der Waals surface area contributed by atoms with Gasteiger partial charge in [-0.05, 0) is 104 Å². The summed E-state index contributed by atoms with van der Waals surface area (Å²) < 4.78 is 32.8. The molecular weight excluding hydrogens is 645 g/mol. The standard InChI is InChI=1S/C35H35Cl2N3O5S/c1-23-17-27(26-7-6-8-31(19-26)40(46(5,43)44)21-25-11-15-30(37)16-12-25)18-28-22-38(33(41)32(23)28)39(34(42)45-35(2,3)4)20-24-9-13-29(36)14-10-24/h6-19H,20-22H2,1-5H3. The van der Waals surface area contributed by atoms with Crippen LogP contribution in [-0.4, -0.2) is 42.3 Å². The van der Waals surface area contributed by atoms with Gasteiger partial charge in [0, 0.05) is 15.6 Å². The summed E-state index contributed by atoms with van der Waals surface area (Å²) in [6.45, 7) is 7.58. The van der Waals surface area contributed by atoms with E-state index in [1.54, 1.807) is 81.4 Å². The van der Waals surface area contributed by atoms with Gasteiger partial charge in [-0.2, -0.15) is 0 Å². The summed E-state index contributed by atoms with van der Waals surface area (Å²) in [5, 5.41) is 3.88. The molecule has 0 N–H and O–H groups in total. The van der Waals surface area contributed by atoms with E-state index in [4.69, 9.17) is 27.9 Å². The summed E-state index contributed by atoms with van der Waals surface area (Å²) >= 11 is 12.1. The number of aryl methyl sites for hydroxylation is 1. The van der Waals surface area contributed by atoms with Gasteiger partial charge in [0.1, 0.15) is 5.60 Å². The van der Waals surface area contributed by atoms with Crippen molar-refractivity contribution in [3.63, 3.8) is 0 Å². The number of halogens is 2. The zero-order valence-corrected chi connectivity index (χ0v) is 28.6. The van der Waals surface area contributed by atoms with Gasteiger partial charge < -0.3 is 4.74 Å². The number of carbonyl (C=O) groups is 2. The number of sulfonamides is 1. The van der Waals surface area contributed by atoms with Gasteiger partial charge in [0.15, 0.2) is 0 Å². The predicted molar refractivity (Wildman–Crippen MR) is 182 cm³/mol. The molecule has 0 aromatic heterocycles. The van der Waals surface area contributed by atoms with E-state index in [1.165, 1.54) is 20.6 Å². The number of rotatable bonds is 8. The Morgan fingerprint density at radius 1 is 0.870 bits per heavy atom. The minimum Gasteiger partial charge on any atom is -0.442 e. The quantitative estimate of drug-likeness (QED) is 0.187. The molecule has 0 radical (unpaired) electrons. The molecule has 0 atom stereocenters. The van der Waals surface area contributed by atoms with Gasteiger partial charge in [-0.1, -0.05) is 65.7 Å². The van der Waals surface area contributed by atoms with Crippen LogP contribution in [0.4, 0.5) is 10.5 Å². The molecule has 0 spiro atoms. The molecule has 240 valence electrons. The molecular formula is C35H35Cl2N3O5S. The number of fused-ring (bicyclic) bond motifs is 1. The van der Waals surface area contributed by atoms with Gasteiger partial charge in [-0.3, -0.25) is 9.10 Å². The lowest BCUT2D eigenvalue weighted by Crippen LogP contribution is -2.48. The lowest BCUT2D eigenvalue weighted by atomic mass is 9.96. The van der Waals surface area contributed by atoms with E-state index in [0.717, 1.165) is 33.4 Å². The fourth-order valence-corrected chi connectivity index (χ4v) is 6.47. The Morgan fingerprint density at radius 3 is 2.02 bits per heavy atom. The SMILES string of the molecule is Cc1cc(-c2cccc(N(Cc3ccc(Cl)cc3)S(C)(=O)=O)c2)cc2c1C(=O)N(N(Cc1ccc(Cl)cc1)C(=O)OC(C)(C)C)C2. The van der Waals surface area contributed by atoms with E-state index in [-0.39, 0.29) is 25.5 Å². The molecule has 0 unspecified atom stereocenters. The molecule has 2 amide bonds. The highest BCUT2D eigenvalue weighted by Crippen LogP contribution is 2.35. The summed E-state index contributed by atoms with van der Waals surface area (Å²) in [5.41, 5.74) is 4.90. The first-order valence-electron chi connectivity index (χ1n) is 14.6. The number of hydrogen-bond acceptors (Lipinski definition) is 5. The van der Waals surface area contributed by atoms with Crippen molar-refractivity contribution in [2.45, 2.75) is 52.9 Å². The molecule has 1 aliphatic heterocycles. The third-order valence-corrected chi connectivity index (χ3v) is 9.08. The molecule has 0 bridgehead atoms. The van der Waals surface area contributed by atoms with Gasteiger partial charge in [0.25, 0.3) is 5.91 Å². The second-order valence-corrected chi connectivity index (χ2v) is 15.1. The van der Waals surface area contributed by atoms with Crippen LogP contribution in [0.25, 0.3) is 11.1 Å². The van der Waals surface area contributed by atoms with Gasteiger partial charge >= 0.3 is 6.09 Å². The summed E-state index contributed by atoms with van der Waals surface area (Å²) in [6.07, 6.45) is 0.534. The van der Waals surface area contributed by atoms with Crippen molar-refractivity contribution in [2.75, 3.05) is 10.6 Å². The number of anilines is 1. The van der Waals surface area contributed by atoms with Gasteiger partial charge in [-0.25, -0.2) is 23.2 Å². The van der Waals surface area contributed by atoms with E-state index in [9.17, 15) is 18.0 Å². The summed E-state index contributed by atoms with van der Waals surface area (Å²) in [7, 11) is -3.62. The monoisotopic (exact) mass is 679 g/mol. The second kappa shape index (κ2) is 13.0.